The van der Waals surface area contributed by atoms with E-state index in [0.29, 0.717) is 6.54 Å². The Bertz CT molecular complexity index is 1870. The number of hydrogen-bond donors (Lipinski definition) is 0. The molecule has 1 aliphatic carbocycles. The van der Waals surface area contributed by atoms with E-state index in [-0.39, 0.29) is 0 Å². The van der Waals surface area contributed by atoms with Crippen molar-refractivity contribution in [2.45, 2.75) is 31.2 Å². The number of nitrogens with zero attached hydrogens (tertiary/aromatic N) is 3. The zero-order valence-corrected chi connectivity index (χ0v) is 24.9. The van der Waals surface area contributed by atoms with Crippen LogP contribution >= 0.6 is 0 Å². The minimum absolute atomic E-state index is 0.545. The van der Waals surface area contributed by atoms with Crippen molar-refractivity contribution in [1.82, 2.24) is 0 Å². The standard InChI is InChI=1S/C41H35N3/c1-30-38(27-26-37-28-33-16-12-13-21-39(33)44(37)36-24-22-31(23-25-36)29-42-2)41(34-17-8-4-9-18-34,35-19-10-5-11-20-35)40(43-30)32-14-6-3-7-15-32/h3-10,12-19,21-27H,1-2,11,20,28-29H2/b37-26+,38-27+. The van der Waals surface area contributed by atoms with E-state index >= 15 is 0 Å². The third-order valence-electron chi connectivity index (χ3n) is 8.89. The number of fused-ring (bicyclic) bond motifs is 1. The molecule has 0 radical (unpaired) electrons. The van der Waals surface area contributed by atoms with Crippen molar-refractivity contribution >= 4 is 23.8 Å². The van der Waals surface area contributed by atoms with Crippen LogP contribution in [-0.4, -0.2) is 12.4 Å². The Labute approximate surface area is 260 Å². The second kappa shape index (κ2) is 11.8. The summed E-state index contributed by atoms with van der Waals surface area (Å²) in [6.07, 6.45) is 14.1. The SMILES string of the molecule is C=NCc1ccc(N2/C(=C/C=C3\C(=C)N=C(c4ccccc4)C3(C3=CC=CCC3)c3ccccc3)Cc3ccccc32)cc1. The van der Waals surface area contributed by atoms with E-state index in [1.165, 1.54) is 28.1 Å². The van der Waals surface area contributed by atoms with Crippen LogP contribution in [0.3, 0.4) is 0 Å². The van der Waals surface area contributed by atoms with Gasteiger partial charge in [-0.3, -0.25) is 9.98 Å². The van der Waals surface area contributed by atoms with Gasteiger partial charge in [-0.15, -0.1) is 0 Å². The highest BCUT2D eigenvalue weighted by atomic mass is 15.2. The molecule has 1 unspecified atom stereocenters. The van der Waals surface area contributed by atoms with Gasteiger partial charge in [0.1, 0.15) is 0 Å². The normalized spacial score (nSPS) is 21.0. The summed E-state index contributed by atoms with van der Waals surface area (Å²) < 4.78 is 0. The maximum absolute atomic E-state index is 5.27. The average molecular weight is 570 g/mol. The molecule has 3 nitrogen and oxygen atoms in total. The summed E-state index contributed by atoms with van der Waals surface area (Å²) >= 11 is 0. The number of anilines is 2. The lowest BCUT2D eigenvalue weighted by molar-refractivity contribution is 0.746. The van der Waals surface area contributed by atoms with Crippen LogP contribution in [0.25, 0.3) is 0 Å². The topological polar surface area (TPSA) is 28.0 Å². The van der Waals surface area contributed by atoms with Crippen LogP contribution in [0, 0.1) is 0 Å². The van der Waals surface area contributed by atoms with Gasteiger partial charge in [-0.1, -0.05) is 122 Å². The van der Waals surface area contributed by atoms with E-state index < -0.39 is 5.41 Å². The summed E-state index contributed by atoms with van der Waals surface area (Å²) in [5.41, 5.74) is 12.1. The van der Waals surface area contributed by atoms with Gasteiger partial charge in [0, 0.05) is 23.5 Å². The molecule has 0 bridgehead atoms. The van der Waals surface area contributed by atoms with Crippen LogP contribution in [0.1, 0.15) is 35.1 Å². The van der Waals surface area contributed by atoms with Gasteiger partial charge in [0.05, 0.1) is 23.4 Å². The van der Waals surface area contributed by atoms with Gasteiger partial charge >= 0.3 is 0 Å². The predicted octanol–water partition coefficient (Wildman–Crippen LogP) is 9.62. The van der Waals surface area contributed by atoms with Crippen LogP contribution in [0.5, 0.6) is 0 Å². The zero-order valence-electron chi connectivity index (χ0n) is 24.9. The van der Waals surface area contributed by atoms with E-state index in [0.717, 1.165) is 53.1 Å². The molecule has 4 aromatic carbocycles. The van der Waals surface area contributed by atoms with Gasteiger partial charge in [0.2, 0.25) is 0 Å². The minimum Gasteiger partial charge on any atom is -0.314 e. The van der Waals surface area contributed by atoms with Crippen molar-refractivity contribution < 1.29 is 0 Å². The number of rotatable bonds is 7. The van der Waals surface area contributed by atoms with Gasteiger partial charge in [0.15, 0.2) is 0 Å². The van der Waals surface area contributed by atoms with Crippen LogP contribution in [0.2, 0.25) is 0 Å². The van der Waals surface area contributed by atoms with Gasteiger partial charge in [-0.2, -0.15) is 0 Å². The lowest BCUT2D eigenvalue weighted by atomic mass is 9.63. The molecule has 4 aromatic rings. The van der Waals surface area contributed by atoms with Crippen LogP contribution < -0.4 is 4.90 Å². The van der Waals surface area contributed by atoms with E-state index in [9.17, 15) is 0 Å². The molecule has 2 heterocycles. The number of aliphatic imine (C=N–C) groups is 2. The average Bonchev–Trinajstić information content (AvgIpc) is 3.60. The Morgan fingerprint density at radius 1 is 0.841 bits per heavy atom. The fourth-order valence-corrected chi connectivity index (χ4v) is 6.93. The first kappa shape index (κ1) is 27.5. The molecular weight excluding hydrogens is 534 g/mol. The summed E-state index contributed by atoms with van der Waals surface area (Å²) in [4.78, 5) is 11.7. The molecule has 2 aliphatic heterocycles. The number of hydrogen-bond acceptors (Lipinski definition) is 3. The van der Waals surface area contributed by atoms with Gasteiger partial charge in [0.25, 0.3) is 0 Å². The van der Waals surface area contributed by atoms with Gasteiger partial charge < -0.3 is 4.90 Å². The summed E-state index contributed by atoms with van der Waals surface area (Å²) in [7, 11) is 0. The Morgan fingerprint density at radius 3 is 2.30 bits per heavy atom. The van der Waals surface area contributed by atoms with Crippen molar-refractivity contribution in [2.24, 2.45) is 9.98 Å². The maximum Gasteiger partial charge on any atom is 0.0863 e. The Kier molecular flexibility index (Phi) is 7.37. The highest BCUT2D eigenvalue weighted by Crippen LogP contribution is 2.52. The molecule has 44 heavy (non-hydrogen) atoms. The van der Waals surface area contributed by atoms with E-state index in [2.05, 4.69) is 163 Å². The summed E-state index contributed by atoms with van der Waals surface area (Å²) in [6, 6.07) is 38.8. The van der Waals surface area contributed by atoms with Gasteiger partial charge in [-0.25, -0.2) is 0 Å². The number of allylic oxidation sites excluding steroid dienone is 8. The number of benzene rings is 4. The largest absolute Gasteiger partial charge is 0.314 e. The molecule has 0 fully saturated rings. The first-order valence-electron chi connectivity index (χ1n) is 15.3. The molecule has 3 heteroatoms. The first-order valence-corrected chi connectivity index (χ1v) is 15.3. The molecule has 1 atom stereocenters. The van der Waals surface area contributed by atoms with E-state index in [4.69, 9.17) is 4.99 Å². The first-order chi connectivity index (χ1) is 21.7. The third-order valence-corrected chi connectivity index (χ3v) is 8.89. The predicted molar refractivity (Wildman–Crippen MR) is 185 cm³/mol. The van der Waals surface area contributed by atoms with Crippen molar-refractivity contribution in [3.05, 3.63) is 191 Å². The van der Waals surface area contributed by atoms with Crippen molar-refractivity contribution in [2.75, 3.05) is 4.90 Å². The molecule has 0 saturated heterocycles. The number of para-hydroxylation sites is 1. The smallest absolute Gasteiger partial charge is 0.0863 e. The van der Waals surface area contributed by atoms with Crippen molar-refractivity contribution in [3.63, 3.8) is 0 Å². The monoisotopic (exact) mass is 569 g/mol. The molecule has 0 aromatic heterocycles. The molecule has 0 amide bonds. The lowest BCUT2D eigenvalue weighted by Gasteiger charge is -2.37. The molecule has 3 aliphatic rings. The summed E-state index contributed by atoms with van der Waals surface area (Å²) in [6.45, 7) is 8.83. The second-order valence-corrected chi connectivity index (χ2v) is 11.5. The second-order valence-electron chi connectivity index (χ2n) is 11.5. The molecule has 0 saturated carbocycles. The molecule has 7 rings (SSSR count). The quantitative estimate of drug-likeness (QED) is 0.204. The lowest BCUT2D eigenvalue weighted by Crippen LogP contribution is -2.38. The van der Waals surface area contributed by atoms with Crippen LogP contribution in [-0.2, 0) is 18.4 Å². The van der Waals surface area contributed by atoms with Crippen molar-refractivity contribution in [1.29, 1.82) is 0 Å². The fourth-order valence-electron chi connectivity index (χ4n) is 6.93. The van der Waals surface area contributed by atoms with Crippen molar-refractivity contribution in [3.8, 4) is 0 Å². The zero-order chi connectivity index (χ0) is 29.9. The highest BCUT2D eigenvalue weighted by molar-refractivity contribution is 6.16. The van der Waals surface area contributed by atoms with E-state index in [1.54, 1.807) is 0 Å². The molecule has 0 N–H and O–H groups in total. The Morgan fingerprint density at radius 2 is 1.57 bits per heavy atom. The minimum atomic E-state index is -0.545. The Hall–Kier alpha value is -5.28. The Balaban J connectivity index is 1.42. The van der Waals surface area contributed by atoms with E-state index in [1.807, 2.05) is 0 Å². The third kappa shape index (κ3) is 4.71. The fraction of sp³-hybridized carbons (Fsp3) is 0.122. The van der Waals surface area contributed by atoms with Crippen LogP contribution in [0.15, 0.2) is 179 Å². The highest BCUT2D eigenvalue weighted by Gasteiger charge is 2.49. The molecule has 214 valence electrons. The summed E-state index contributed by atoms with van der Waals surface area (Å²) in [5, 5.41) is 0. The van der Waals surface area contributed by atoms with Gasteiger partial charge in [-0.05, 0) is 77.2 Å². The molecule has 0 spiro atoms. The summed E-state index contributed by atoms with van der Waals surface area (Å²) in [5.74, 6) is 0. The maximum atomic E-state index is 5.27. The van der Waals surface area contributed by atoms with Crippen LogP contribution in [0.4, 0.5) is 11.4 Å². The molecular formula is C41H35N3.